The van der Waals surface area contributed by atoms with Crippen molar-refractivity contribution in [3.8, 4) is 11.8 Å². The zero-order valence-corrected chi connectivity index (χ0v) is 21.9. The molecule has 0 spiro atoms. The van der Waals surface area contributed by atoms with E-state index in [0.29, 0.717) is 11.4 Å². The Morgan fingerprint density at radius 1 is 1.02 bits per heavy atom. The third-order valence-corrected chi connectivity index (χ3v) is 7.18. The van der Waals surface area contributed by atoms with E-state index in [1.165, 1.54) is 72.8 Å². The van der Waals surface area contributed by atoms with Crippen LogP contribution in [0.15, 0.2) is 79.0 Å². The minimum atomic E-state index is -3.20. The van der Waals surface area contributed by atoms with E-state index in [-0.39, 0.29) is 45.7 Å². The Hall–Kier alpha value is -5.04. The molecule has 4 aromatic rings. The van der Waals surface area contributed by atoms with E-state index in [9.17, 15) is 14.9 Å². The molecule has 3 aromatic carbocycles. The van der Waals surface area contributed by atoms with Gasteiger partial charge in [-0.15, -0.1) is 0 Å². The topological polar surface area (TPSA) is 100 Å². The van der Waals surface area contributed by atoms with E-state index in [1.54, 1.807) is 22.9 Å². The summed E-state index contributed by atoms with van der Waals surface area (Å²) >= 11 is 0. The van der Waals surface area contributed by atoms with Crippen LogP contribution in [0, 0.1) is 11.3 Å². The molecule has 0 saturated heterocycles. The van der Waals surface area contributed by atoms with Crippen molar-refractivity contribution in [2.45, 2.75) is 31.9 Å². The molecule has 2 unspecified atom stereocenters. The molecule has 1 N–H and O–H groups in total. The number of aromatic nitrogens is 2. The summed E-state index contributed by atoms with van der Waals surface area (Å²) in [5.41, 5.74) is 0.873. The first-order chi connectivity index (χ1) is 19.2. The normalized spacial score (nSPS) is 16.7. The number of alkyl halides is 2. The molecule has 5 rings (SSSR count). The number of hydrogen-bond acceptors (Lipinski definition) is 5. The van der Waals surface area contributed by atoms with Crippen molar-refractivity contribution >= 4 is 23.2 Å². The van der Waals surface area contributed by atoms with E-state index in [0.717, 1.165) is 0 Å². The highest BCUT2D eigenvalue weighted by atomic mass is 19.3. The van der Waals surface area contributed by atoms with E-state index in [2.05, 4.69) is 10.4 Å². The standard InChI is InChI=1S/C30H25F2N5O3/c1-18-19(2)37-27(25(17-34-37)35-28(38)20-9-14-26(40-3)21(15-20)16-33)29(39)36(18)24-12-10-23(11-13-24)30(31,32)22-7-5-4-6-8-22/h4-15,17-19H,1-3H3,(H,35,38). The third-order valence-electron chi connectivity index (χ3n) is 7.18. The van der Waals surface area contributed by atoms with Gasteiger partial charge >= 0.3 is 0 Å². The van der Waals surface area contributed by atoms with Crippen molar-refractivity contribution in [1.29, 1.82) is 5.26 Å². The largest absolute Gasteiger partial charge is 0.495 e. The predicted molar refractivity (Wildman–Crippen MR) is 145 cm³/mol. The lowest BCUT2D eigenvalue weighted by Gasteiger charge is -2.38. The van der Waals surface area contributed by atoms with Gasteiger partial charge in [0.25, 0.3) is 17.7 Å². The molecule has 2 atom stereocenters. The van der Waals surface area contributed by atoms with E-state index in [4.69, 9.17) is 4.74 Å². The average Bonchev–Trinajstić information content (AvgIpc) is 3.40. The number of carbonyl (C=O) groups excluding carboxylic acids is 2. The van der Waals surface area contributed by atoms with Crippen molar-refractivity contribution in [2.75, 3.05) is 17.3 Å². The molecule has 0 radical (unpaired) electrons. The van der Waals surface area contributed by atoms with Gasteiger partial charge in [-0.3, -0.25) is 14.3 Å². The van der Waals surface area contributed by atoms with Crippen molar-refractivity contribution in [3.63, 3.8) is 0 Å². The van der Waals surface area contributed by atoms with Crippen LogP contribution in [-0.4, -0.2) is 34.7 Å². The fourth-order valence-electron chi connectivity index (χ4n) is 4.82. The maximum absolute atomic E-state index is 15.1. The van der Waals surface area contributed by atoms with Gasteiger partial charge < -0.3 is 15.0 Å². The summed E-state index contributed by atoms with van der Waals surface area (Å²) in [6.45, 7) is 3.73. The predicted octanol–water partition coefficient (Wildman–Crippen LogP) is 5.77. The maximum Gasteiger partial charge on any atom is 0.298 e. The average molecular weight is 542 g/mol. The molecule has 1 aliphatic rings. The van der Waals surface area contributed by atoms with Crippen LogP contribution in [0.5, 0.6) is 5.75 Å². The molecule has 0 saturated carbocycles. The summed E-state index contributed by atoms with van der Waals surface area (Å²) in [7, 11) is 1.43. The highest BCUT2D eigenvalue weighted by Crippen LogP contribution is 2.38. The van der Waals surface area contributed by atoms with Crippen LogP contribution in [0.2, 0.25) is 0 Å². The fraction of sp³-hybridized carbons (Fsp3) is 0.200. The molecule has 1 aliphatic heterocycles. The number of benzene rings is 3. The first kappa shape index (κ1) is 26.6. The summed E-state index contributed by atoms with van der Waals surface area (Å²) in [6.07, 6.45) is 1.40. The number of rotatable bonds is 6. The smallest absolute Gasteiger partial charge is 0.298 e. The Balaban J connectivity index is 1.44. The highest BCUT2D eigenvalue weighted by molar-refractivity contribution is 6.13. The molecule has 0 aliphatic carbocycles. The molecular weight excluding hydrogens is 516 g/mol. The summed E-state index contributed by atoms with van der Waals surface area (Å²) in [5.74, 6) is -3.84. The molecule has 10 heteroatoms. The Kier molecular flexibility index (Phi) is 6.81. The molecule has 2 heterocycles. The summed E-state index contributed by atoms with van der Waals surface area (Å²) < 4.78 is 36.8. The van der Waals surface area contributed by atoms with Gasteiger partial charge in [-0.05, 0) is 44.2 Å². The third kappa shape index (κ3) is 4.45. The lowest BCUT2D eigenvalue weighted by molar-refractivity contribution is 0.0428. The van der Waals surface area contributed by atoms with E-state index in [1.807, 2.05) is 19.9 Å². The number of methoxy groups -OCH3 is 1. The second-order valence-corrected chi connectivity index (χ2v) is 9.48. The van der Waals surface area contributed by atoms with Gasteiger partial charge in [0.05, 0.1) is 36.6 Å². The quantitative estimate of drug-likeness (QED) is 0.334. The molecule has 1 aromatic heterocycles. The number of nitrogens with one attached hydrogen (secondary N) is 1. The maximum atomic E-state index is 15.1. The fourth-order valence-corrected chi connectivity index (χ4v) is 4.82. The minimum Gasteiger partial charge on any atom is -0.495 e. The zero-order chi connectivity index (χ0) is 28.6. The summed E-state index contributed by atoms with van der Waals surface area (Å²) in [4.78, 5) is 28.3. The number of nitrogens with zero attached hydrogens (tertiary/aromatic N) is 4. The van der Waals surface area contributed by atoms with E-state index < -0.39 is 17.7 Å². The molecule has 0 bridgehead atoms. The Morgan fingerprint density at radius 3 is 2.35 bits per heavy atom. The van der Waals surface area contributed by atoms with Crippen molar-refractivity contribution < 1.29 is 23.1 Å². The van der Waals surface area contributed by atoms with Crippen LogP contribution in [0.1, 0.15) is 57.4 Å². The molecular formula is C30H25F2N5O3. The minimum absolute atomic E-state index is 0.123. The van der Waals surface area contributed by atoms with Gasteiger partial charge in [0, 0.05) is 22.4 Å². The van der Waals surface area contributed by atoms with Gasteiger partial charge in [0.1, 0.15) is 11.8 Å². The van der Waals surface area contributed by atoms with Gasteiger partial charge in [0.15, 0.2) is 5.69 Å². The SMILES string of the molecule is COc1ccc(C(=O)Nc2cnn3c2C(=O)N(c2ccc(C(F)(F)c4ccccc4)cc2)C(C)C3C)cc1C#N. The lowest BCUT2D eigenvalue weighted by atomic mass is 9.99. The number of halogens is 2. The first-order valence-corrected chi connectivity index (χ1v) is 12.5. The second kappa shape index (κ2) is 10.3. The van der Waals surface area contributed by atoms with E-state index >= 15 is 8.78 Å². The number of carbonyl (C=O) groups is 2. The molecule has 40 heavy (non-hydrogen) atoms. The number of anilines is 2. The number of hydrogen-bond donors (Lipinski definition) is 1. The Morgan fingerprint density at radius 2 is 1.70 bits per heavy atom. The molecule has 0 fully saturated rings. The first-order valence-electron chi connectivity index (χ1n) is 12.5. The lowest BCUT2D eigenvalue weighted by Crippen LogP contribution is -2.49. The second-order valence-electron chi connectivity index (χ2n) is 9.48. The van der Waals surface area contributed by atoms with Gasteiger partial charge in [0.2, 0.25) is 0 Å². The summed E-state index contributed by atoms with van der Waals surface area (Å²) in [6, 6.07) is 18.9. The van der Waals surface area contributed by atoms with Crippen LogP contribution in [-0.2, 0) is 5.92 Å². The van der Waals surface area contributed by atoms with Crippen molar-refractivity contribution in [3.05, 3.63) is 107 Å². The molecule has 8 nitrogen and oxygen atoms in total. The number of amides is 2. The van der Waals surface area contributed by atoms with Crippen LogP contribution < -0.4 is 15.0 Å². The molecule has 2 amide bonds. The zero-order valence-electron chi connectivity index (χ0n) is 21.9. The monoisotopic (exact) mass is 541 g/mol. The highest BCUT2D eigenvalue weighted by Gasteiger charge is 2.40. The molecule has 202 valence electrons. The van der Waals surface area contributed by atoms with Crippen LogP contribution in [0.3, 0.4) is 0 Å². The number of fused-ring (bicyclic) bond motifs is 1. The van der Waals surface area contributed by atoms with Crippen LogP contribution in [0.25, 0.3) is 0 Å². The summed E-state index contributed by atoms with van der Waals surface area (Å²) in [5, 5.41) is 16.4. The van der Waals surface area contributed by atoms with Gasteiger partial charge in [-0.1, -0.05) is 42.5 Å². The number of ether oxygens (including phenoxy) is 1. The van der Waals surface area contributed by atoms with Crippen LogP contribution >= 0.6 is 0 Å². The number of nitriles is 1. The van der Waals surface area contributed by atoms with Crippen molar-refractivity contribution in [2.24, 2.45) is 0 Å². The van der Waals surface area contributed by atoms with Gasteiger partial charge in [-0.2, -0.15) is 19.1 Å². The Bertz CT molecular complexity index is 1630. The van der Waals surface area contributed by atoms with Gasteiger partial charge in [-0.25, -0.2) is 0 Å². The van der Waals surface area contributed by atoms with Crippen molar-refractivity contribution in [1.82, 2.24) is 9.78 Å². The Labute approximate surface area is 229 Å². The van der Waals surface area contributed by atoms with Crippen LogP contribution in [0.4, 0.5) is 20.2 Å².